The Morgan fingerprint density at radius 1 is 1.07 bits per heavy atom. The van der Waals surface area contributed by atoms with E-state index in [1.165, 1.54) is 6.42 Å². The third kappa shape index (κ3) is 3.22. The van der Waals surface area contributed by atoms with Crippen LogP contribution >= 0.6 is 0 Å². The minimum Gasteiger partial charge on any atom is -0.325 e. The Morgan fingerprint density at radius 3 is 2.56 bits per heavy atom. The highest BCUT2D eigenvalue weighted by atomic mass is 16.2. The number of fused-ring (bicyclic) bond motifs is 1. The zero-order chi connectivity index (χ0) is 19.0. The van der Waals surface area contributed by atoms with Crippen LogP contribution in [0.25, 0.3) is 0 Å². The van der Waals surface area contributed by atoms with E-state index in [9.17, 15) is 14.9 Å². The summed E-state index contributed by atoms with van der Waals surface area (Å²) < 4.78 is 0. The van der Waals surface area contributed by atoms with E-state index in [0.29, 0.717) is 18.0 Å². The van der Waals surface area contributed by atoms with Crippen LogP contribution < -0.4 is 0 Å². The van der Waals surface area contributed by atoms with E-state index in [-0.39, 0.29) is 23.9 Å². The van der Waals surface area contributed by atoms with E-state index < -0.39 is 6.04 Å². The van der Waals surface area contributed by atoms with Crippen molar-refractivity contribution in [3.63, 3.8) is 0 Å². The fourth-order valence-electron chi connectivity index (χ4n) is 5.17. The van der Waals surface area contributed by atoms with Crippen molar-refractivity contribution in [2.75, 3.05) is 6.54 Å². The van der Waals surface area contributed by atoms with Crippen molar-refractivity contribution in [2.45, 2.75) is 70.0 Å². The molecule has 4 atom stereocenters. The minimum absolute atomic E-state index is 0.0195. The number of likely N-dealkylation sites (tertiary alicyclic amines) is 2. The fraction of sp³-hybridized carbons (Fsp3) is 0.591. The molecule has 2 saturated heterocycles. The van der Waals surface area contributed by atoms with Gasteiger partial charge < -0.3 is 9.80 Å². The van der Waals surface area contributed by atoms with Crippen LogP contribution in [-0.4, -0.2) is 46.3 Å². The maximum absolute atomic E-state index is 13.4. The number of nitriles is 1. The van der Waals surface area contributed by atoms with Gasteiger partial charge in [-0.25, -0.2) is 0 Å². The molecule has 3 fully saturated rings. The Kier molecular flexibility index (Phi) is 4.90. The van der Waals surface area contributed by atoms with Gasteiger partial charge in [-0.3, -0.25) is 9.59 Å². The Balaban J connectivity index is 1.64. The van der Waals surface area contributed by atoms with Crippen molar-refractivity contribution < 1.29 is 9.59 Å². The Morgan fingerprint density at radius 2 is 1.81 bits per heavy atom. The molecule has 4 rings (SSSR count). The second-order valence-electron chi connectivity index (χ2n) is 8.26. The minimum atomic E-state index is -0.416. The molecule has 5 heteroatoms. The lowest BCUT2D eigenvalue weighted by Crippen LogP contribution is -2.51. The number of aryl methyl sites for hydroxylation is 1. The molecule has 2 aliphatic heterocycles. The van der Waals surface area contributed by atoms with Gasteiger partial charge in [-0.15, -0.1) is 0 Å². The Hall–Kier alpha value is -2.35. The first kappa shape index (κ1) is 18.0. The molecule has 0 N–H and O–H groups in total. The summed E-state index contributed by atoms with van der Waals surface area (Å²) in [6, 6.07) is 9.30. The molecule has 0 bridgehead atoms. The van der Waals surface area contributed by atoms with Crippen LogP contribution in [0.5, 0.6) is 0 Å². The molecule has 2 amide bonds. The largest absolute Gasteiger partial charge is 0.325 e. The van der Waals surface area contributed by atoms with Crippen molar-refractivity contribution in [3.05, 3.63) is 35.4 Å². The molecule has 1 aromatic rings. The van der Waals surface area contributed by atoms with E-state index >= 15 is 0 Å². The van der Waals surface area contributed by atoms with E-state index in [2.05, 4.69) is 6.07 Å². The second-order valence-corrected chi connectivity index (χ2v) is 8.26. The fourth-order valence-corrected chi connectivity index (χ4v) is 5.17. The Labute approximate surface area is 160 Å². The van der Waals surface area contributed by atoms with E-state index in [1.807, 2.05) is 36.1 Å². The lowest BCUT2D eigenvalue weighted by atomic mass is 9.84. The average Bonchev–Trinajstić information content (AvgIpc) is 3.32. The number of benzene rings is 1. The number of carbonyl (C=O) groups is 2. The molecule has 0 spiro atoms. The third-order valence-corrected chi connectivity index (χ3v) is 6.59. The van der Waals surface area contributed by atoms with Gasteiger partial charge in [0.25, 0.3) is 5.91 Å². The zero-order valence-corrected chi connectivity index (χ0v) is 15.9. The monoisotopic (exact) mass is 365 g/mol. The summed E-state index contributed by atoms with van der Waals surface area (Å²) in [6.45, 7) is 2.64. The lowest BCUT2D eigenvalue weighted by Gasteiger charge is -2.35. The Bertz CT molecular complexity index is 767. The first-order valence-corrected chi connectivity index (χ1v) is 10.2. The normalized spacial score (nSPS) is 30.1. The van der Waals surface area contributed by atoms with Crippen LogP contribution in [0.2, 0.25) is 0 Å². The molecular formula is C22H27N3O2. The summed E-state index contributed by atoms with van der Waals surface area (Å²) >= 11 is 0. The predicted molar refractivity (Wildman–Crippen MR) is 102 cm³/mol. The van der Waals surface area contributed by atoms with Gasteiger partial charge in [0.15, 0.2) is 0 Å². The van der Waals surface area contributed by atoms with Gasteiger partial charge >= 0.3 is 0 Å². The van der Waals surface area contributed by atoms with Crippen molar-refractivity contribution in [2.24, 2.45) is 5.92 Å². The van der Waals surface area contributed by atoms with Crippen LogP contribution in [0.15, 0.2) is 24.3 Å². The van der Waals surface area contributed by atoms with Gasteiger partial charge in [-0.05, 0) is 57.1 Å². The predicted octanol–water partition coefficient (Wildman–Crippen LogP) is 3.28. The molecular weight excluding hydrogens is 338 g/mol. The molecule has 142 valence electrons. The number of hydrogen-bond acceptors (Lipinski definition) is 3. The van der Waals surface area contributed by atoms with Crippen LogP contribution in [0, 0.1) is 24.2 Å². The SMILES string of the molecule is Cc1ccc(C(=O)N2C3CCCCC3C[C@H]2C(=O)N2CCC[C@H]2C#N)cc1. The van der Waals surface area contributed by atoms with E-state index in [4.69, 9.17) is 0 Å². The van der Waals surface area contributed by atoms with Crippen molar-refractivity contribution in [1.82, 2.24) is 9.80 Å². The van der Waals surface area contributed by atoms with Gasteiger partial charge in [0.05, 0.1) is 6.07 Å². The van der Waals surface area contributed by atoms with Gasteiger partial charge in [-0.2, -0.15) is 5.26 Å². The van der Waals surface area contributed by atoms with Crippen molar-refractivity contribution in [3.8, 4) is 6.07 Å². The third-order valence-electron chi connectivity index (χ3n) is 6.59. The van der Waals surface area contributed by atoms with Crippen LogP contribution in [-0.2, 0) is 4.79 Å². The van der Waals surface area contributed by atoms with Crippen LogP contribution in [0.1, 0.15) is 60.9 Å². The standard InChI is InChI=1S/C22H27N3O2/c1-15-8-10-16(11-9-15)21(26)25-19-7-3-2-5-17(19)13-20(25)22(27)24-12-4-6-18(24)14-23/h8-11,17-20H,2-7,12-13H2,1H3/t17?,18-,19?,20-/m0/s1. The van der Waals surface area contributed by atoms with Crippen LogP contribution in [0.3, 0.4) is 0 Å². The molecule has 0 radical (unpaired) electrons. The highest BCUT2D eigenvalue weighted by molar-refractivity contribution is 5.98. The lowest BCUT2D eigenvalue weighted by molar-refractivity contribution is -0.135. The molecule has 1 aromatic carbocycles. The number of rotatable bonds is 2. The second kappa shape index (κ2) is 7.34. The topological polar surface area (TPSA) is 64.4 Å². The summed E-state index contributed by atoms with van der Waals surface area (Å²) in [5, 5.41) is 9.39. The van der Waals surface area contributed by atoms with Gasteiger partial charge in [0.2, 0.25) is 5.91 Å². The number of amides is 2. The quantitative estimate of drug-likeness (QED) is 0.808. The molecule has 1 saturated carbocycles. The van der Waals surface area contributed by atoms with Crippen molar-refractivity contribution >= 4 is 11.8 Å². The zero-order valence-electron chi connectivity index (χ0n) is 15.9. The van der Waals surface area contributed by atoms with Crippen molar-refractivity contribution in [1.29, 1.82) is 5.26 Å². The summed E-state index contributed by atoms with van der Waals surface area (Å²) in [6.07, 6.45) is 6.73. The number of hydrogen-bond donors (Lipinski definition) is 0. The first-order chi connectivity index (χ1) is 13.1. The first-order valence-electron chi connectivity index (χ1n) is 10.2. The molecule has 3 aliphatic rings. The maximum Gasteiger partial charge on any atom is 0.254 e. The molecule has 2 heterocycles. The van der Waals surface area contributed by atoms with E-state index in [0.717, 1.165) is 44.1 Å². The molecule has 27 heavy (non-hydrogen) atoms. The number of carbonyl (C=O) groups excluding carboxylic acids is 2. The highest BCUT2D eigenvalue weighted by Gasteiger charge is 2.49. The summed E-state index contributed by atoms with van der Waals surface area (Å²) in [5.74, 6) is 0.356. The summed E-state index contributed by atoms with van der Waals surface area (Å²) in [7, 11) is 0. The smallest absolute Gasteiger partial charge is 0.254 e. The maximum atomic E-state index is 13.4. The summed E-state index contributed by atoms with van der Waals surface area (Å²) in [4.78, 5) is 30.3. The summed E-state index contributed by atoms with van der Waals surface area (Å²) in [5.41, 5.74) is 1.77. The van der Waals surface area contributed by atoms with Gasteiger partial charge in [0, 0.05) is 18.2 Å². The highest BCUT2D eigenvalue weighted by Crippen LogP contribution is 2.41. The molecule has 0 aromatic heterocycles. The molecule has 5 nitrogen and oxygen atoms in total. The molecule has 1 aliphatic carbocycles. The van der Waals surface area contributed by atoms with Gasteiger partial charge in [-0.1, -0.05) is 30.5 Å². The molecule has 2 unspecified atom stereocenters. The van der Waals surface area contributed by atoms with E-state index in [1.54, 1.807) is 4.90 Å². The average molecular weight is 365 g/mol. The van der Waals surface area contributed by atoms with Gasteiger partial charge in [0.1, 0.15) is 12.1 Å². The number of nitrogens with zero attached hydrogens (tertiary/aromatic N) is 3. The van der Waals surface area contributed by atoms with Crippen LogP contribution in [0.4, 0.5) is 0 Å².